The van der Waals surface area contributed by atoms with Crippen LogP contribution in [-0.2, 0) is 4.79 Å². The summed E-state index contributed by atoms with van der Waals surface area (Å²) in [6.07, 6.45) is 1.56. The number of halogens is 1. The van der Waals surface area contributed by atoms with Gasteiger partial charge in [-0.15, -0.1) is 0 Å². The molecule has 100 valence electrons. The molecular weight excluding hydrogens is 284 g/mol. The van der Waals surface area contributed by atoms with Crippen molar-refractivity contribution in [2.75, 3.05) is 0 Å². The van der Waals surface area contributed by atoms with Crippen molar-refractivity contribution in [3.8, 4) is 0 Å². The summed E-state index contributed by atoms with van der Waals surface area (Å²) in [5.74, 6) is -1.17. The highest BCUT2D eigenvalue weighted by Crippen LogP contribution is 2.30. The van der Waals surface area contributed by atoms with E-state index >= 15 is 0 Å². The fraction of sp³-hybridized carbons (Fsp3) is 0. The molecule has 4 rings (SSSR count). The normalized spacial score (nSPS) is 14.4. The molecule has 0 spiro atoms. The first-order valence-electron chi connectivity index (χ1n) is 6.56. The number of benzene rings is 3. The van der Waals surface area contributed by atoms with E-state index in [0.717, 1.165) is 21.5 Å². The lowest BCUT2D eigenvalue weighted by molar-refractivity contribution is -0.111. The third-order valence-electron chi connectivity index (χ3n) is 3.82. The number of rotatable bonds is 0. The summed E-state index contributed by atoms with van der Waals surface area (Å²) in [4.78, 5) is 23.7. The molecule has 3 aromatic carbocycles. The fourth-order valence-corrected chi connectivity index (χ4v) is 2.96. The number of allylic oxidation sites excluding steroid dienone is 1. The Kier molecular flexibility index (Phi) is 2.50. The maximum atomic E-state index is 12.1. The van der Waals surface area contributed by atoms with Crippen LogP contribution in [0.2, 0.25) is 0 Å². The summed E-state index contributed by atoms with van der Waals surface area (Å²) in [6, 6.07) is 15.8. The zero-order valence-electron chi connectivity index (χ0n) is 10.9. The van der Waals surface area contributed by atoms with Crippen LogP contribution in [0, 0.1) is 0 Å². The monoisotopic (exact) mass is 292 g/mol. The first kappa shape index (κ1) is 12.3. The van der Waals surface area contributed by atoms with Crippen molar-refractivity contribution in [1.82, 2.24) is 0 Å². The van der Waals surface area contributed by atoms with Gasteiger partial charge in [0.25, 0.3) is 0 Å². The molecular formula is C18H9ClO2. The number of carbonyl (C=O) groups excluding carboxylic acids is 2. The third-order valence-corrected chi connectivity index (χ3v) is 4.10. The summed E-state index contributed by atoms with van der Waals surface area (Å²) in [7, 11) is 0. The van der Waals surface area contributed by atoms with Gasteiger partial charge in [0.15, 0.2) is 0 Å². The van der Waals surface area contributed by atoms with Crippen molar-refractivity contribution in [2.45, 2.75) is 0 Å². The highest BCUT2D eigenvalue weighted by molar-refractivity contribution is 6.63. The number of Topliss-reactive ketones (excluding diaryl/α,β-unsaturated/α-hetero) is 2. The van der Waals surface area contributed by atoms with Crippen molar-refractivity contribution in [2.24, 2.45) is 0 Å². The van der Waals surface area contributed by atoms with Gasteiger partial charge in [-0.1, -0.05) is 35.9 Å². The Hall–Kier alpha value is -2.45. The fourth-order valence-electron chi connectivity index (χ4n) is 2.76. The highest BCUT2D eigenvalue weighted by Gasteiger charge is 2.26. The van der Waals surface area contributed by atoms with Gasteiger partial charge in [-0.2, -0.15) is 0 Å². The summed E-state index contributed by atoms with van der Waals surface area (Å²) >= 11 is 5.83. The van der Waals surface area contributed by atoms with Gasteiger partial charge in [-0.3, -0.25) is 9.59 Å². The Morgan fingerprint density at radius 1 is 0.714 bits per heavy atom. The van der Waals surface area contributed by atoms with Gasteiger partial charge in [-0.05, 0) is 57.4 Å². The lowest BCUT2D eigenvalue weighted by Gasteiger charge is -2.12. The Morgan fingerprint density at radius 2 is 1.33 bits per heavy atom. The number of carbonyl (C=O) groups is 2. The lowest BCUT2D eigenvalue weighted by atomic mass is 9.91. The molecule has 0 N–H and O–H groups in total. The molecule has 1 aliphatic carbocycles. The standard InChI is InChI=1S/C18H9ClO2/c19-16-9-14-7-12-5-10-3-1-2-4-11(10)6-13(12)8-15(14)17(20)18(16)21/h1-9H. The molecule has 3 aromatic rings. The van der Waals surface area contributed by atoms with Crippen LogP contribution in [-0.4, -0.2) is 11.6 Å². The number of ketones is 2. The Bertz CT molecular complexity index is 983. The van der Waals surface area contributed by atoms with Crippen LogP contribution in [0.3, 0.4) is 0 Å². The SMILES string of the molecule is O=C1C(=O)c2cc3cc4ccccc4cc3cc2C=C1Cl. The topological polar surface area (TPSA) is 34.1 Å². The van der Waals surface area contributed by atoms with Crippen molar-refractivity contribution in [1.29, 1.82) is 0 Å². The van der Waals surface area contributed by atoms with E-state index in [-0.39, 0.29) is 5.03 Å². The van der Waals surface area contributed by atoms with Gasteiger partial charge in [0, 0.05) is 5.56 Å². The second-order valence-electron chi connectivity index (χ2n) is 5.14. The molecule has 1 aliphatic rings. The van der Waals surface area contributed by atoms with Gasteiger partial charge in [0.2, 0.25) is 11.6 Å². The quantitative estimate of drug-likeness (QED) is 0.456. The molecule has 0 unspecified atom stereocenters. The van der Waals surface area contributed by atoms with Crippen LogP contribution in [0.25, 0.3) is 27.6 Å². The van der Waals surface area contributed by atoms with Crippen molar-refractivity contribution >= 4 is 50.8 Å². The molecule has 0 radical (unpaired) electrons. The van der Waals surface area contributed by atoms with E-state index in [1.165, 1.54) is 0 Å². The van der Waals surface area contributed by atoms with Crippen molar-refractivity contribution in [3.63, 3.8) is 0 Å². The highest BCUT2D eigenvalue weighted by atomic mass is 35.5. The van der Waals surface area contributed by atoms with Gasteiger partial charge in [-0.25, -0.2) is 0 Å². The van der Waals surface area contributed by atoms with Crippen LogP contribution in [0.1, 0.15) is 15.9 Å². The maximum Gasteiger partial charge on any atom is 0.244 e. The molecule has 3 heteroatoms. The molecule has 0 atom stereocenters. The minimum atomic E-state index is -0.635. The van der Waals surface area contributed by atoms with Gasteiger partial charge in [0.05, 0.1) is 5.03 Å². The number of fused-ring (bicyclic) bond motifs is 3. The van der Waals surface area contributed by atoms with Crippen LogP contribution in [0.15, 0.2) is 53.6 Å². The minimum Gasteiger partial charge on any atom is -0.285 e. The van der Waals surface area contributed by atoms with E-state index in [1.807, 2.05) is 36.4 Å². The first-order chi connectivity index (χ1) is 10.1. The van der Waals surface area contributed by atoms with Crippen LogP contribution in [0.4, 0.5) is 0 Å². The molecule has 0 saturated heterocycles. The van der Waals surface area contributed by atoms with E-state index in [9.17, 15) is 9.59 Å². The maximum absolute atomic E-state index is 12.1. The van der Waals surface area contributed by atoms with Gasteiger partial charge in [0.1, 0.15) is 0 Å². The largest absolute Gasteiger partial charge is 0.285 e. The van der Waals surface area contributed by atoms with E-state index in [1.54, 1.807) is 12.1 Å². The van der Waals surface area contributed by atoms with Gasteiger partial charge < -0.3 is 0 Å². The molecule has 0 heterocycles. The zero-order valence-corrected chi connectivity index (χ0v) is 11.6. The average Bonchev–Trinajstić information content (AvgIpc) is 2.49. The second kappa shape index (κ2) is 4.27. The smallest absolute Gasteiger partial charge is 0.244 e. The molecule has 21 heavy (non-hydrogen) atoms. The lowest BCUT2D eigenvalue weighted by Crippen LogP contribution is -2.19. The van der Waals surface area contributed by atoms with Gasteiger partial charge >= 0.3 is 0 Å². The Labute approximate surface area is 125 Å². The Balaban J connectivity index is 2.09. The van der Waals surface area contributed by atoms with E-state index in [4.69, 9.17) is 11.6 Å². The van der Waals surface area contributed by atoms with Crippen LogP contribution >= 0.6 is 11.6 Å². The second-order valence-corrected chi connectivity index (χ2v) is 5.54. The van der Waals surface area contributed by atoms with Crippen LogP contribution < -0.4 is 0 Å². The first-order valence-corrected chi connectivity index (χ1v) is 6.94. The Morgan fingerprint density at radius 3 is 2.00 bits per heavy atom. The minimum absolute atomic E-state index is 0.0207. The summed E-state index contributed by atoms with van der Waals surface area (Å²) in [5, 5.41) is 4.19. The van der Waals surface area contributed by atoms with Crippen molar-refractivity contribution in [3.05, 3.63) is 64.7 Å². The van der Waals surface area contributed by atoms with Crippen molar-refractivity contribution < 1.29 is 9.59 Å². The van der Waals surface area contributed by atoms with E-state index in [0.29, 0.717) is 11.1 Å². The van der Waals surface area contributed by atoms with E-state index in [2.05, 4.69) is 6.07 Å². The zero-order chi connectivity index (χ0) is 14.6. The van der Waals surface area contributed by atoms with Crippen LogP contribution in [0.5, 0.6) is 0 Å². The molecule has 0 bridgehead atoms. The molecule has 2 nitrogen and oxygen atoms in total. The molecule has 0 amide bonds. The predicted octanol–water partition coefficient (Wildman–Crippen LogP) is 4.34. The van der Waals surface area contributed by atoms with E-state index < -0.39 is 11.6 Å². The summed E-state index contributed by atoms with van der Waals surface area (Å²) in [5.41, 5.74) is 1.12. The number of hydrogen-bond donors (Lipinski definition) is 0. The summed E-state index contributed by atoms with van der Waals surface area (Å²) < 4.78 is 0. The third kappa shape index (κ3) is 1.80. The average molecular weight is 293 g/mol. The predicted molar refractivity (Wildman–Crippen MR) is 84.6 cm³/mol. The molecule has 0 saturated carbocycles. The summed E-state index contributed by atoms with van der Waals surface area (Å²) in [6.45, 7) is 0. The number of hydrogen-bond acceptors (Lipinski definition) is 2. The molecule has 0 aromatic heterocycles. The molecule has 0 fully saturated rings. The molecule has 0 aliphatic heterocycles.